The van der Waals surface area contributed by atoms with Crippen LogP contribution in [0.25, 0.3) is 0 Å². The second-order valence-corrected chi connectivity index (χ2v) is 18.2. The highest BCUT2D eigenvalue weighted by Gasteiger charge is 2.39. The summed E-state index contributed by atoms with van der Waals surface area (Å²) in [6, 6.07) is 21.9. The molecule has 0 aliphatic carbocycles. The van der Waals surface area contributed by atoms with Crippen LogP contribution < -0.4 is 10.4 Å². The van der Waals surface area contributed by atoms with Crippen molar-refractivity contribution in [3.8, 4) is 0 Å². The SMILES string of the molecule is CCCCCC/C=C/C(C)O[Si](c1ccccc1)[Si](C)(C)c1ccccc1. The van der Waals surface area contributed by atoms with Crippen molar-refractivity contribution in [2.45, 2.75) is 65.1 Å². The molecule has 0 aromatic heterocycles. The van der Waals surface area contributed by atoms with Gasteiger partial charge in [-0.05, 0) is 25.0 Å². The predicted octanol–water partition coefficient (Wildman–Crippen LogP) is 5.51. The fourth-order valence-electron chi connectivity index (χ4n) is 3.35. The van der Waals surface area contributed by atoms with Crippen LogP contribution in [0.1, 0.15) is 46.0 Å². The molecule has 1 nitrogen and oxygen atoms in total. The van der Waals surface area contributed by atoms with Crippen molar-refractivity contribution in [2.75, 3.05) is 0 Å². The molecule has 2 aromatic rings. The molecule has 0 amide bonds. The largest absolute Gasteiger partial charge is 0.408 e. The van der Waals surface area contributed by atoms with Gasteiger partial charge in [0.05, 0.1) is 6.10 Å². The minimum absolute atomic E-state index is 0.167. The van der Waals surface area contributed by atoms with Crippen molar-refractivity contribution >= 4 is 26.5 Å². The van der Waals surface area contributed by atoms with E-state index in [0.717, 1.165) is 0 Å². The fourth-order valence-corrected chi connectivity index (χ4v) is 12.1. The third kappa shape index (κ3) is 6.91. The summed E-state index contributed by atoms with van der Waals surface area (Å²) in [4.78, 5) is 0. The maximum absolute atomic E-state index is 6.76. The number of benzene rings is 2. The molecule has 2 aromatic carbocycles. The lowest BCUT2D eigenvalue weighted by Gasteiger charge is -2.32. The molecule has 0 aliphatic rings. The summed E-state index contributed by atoms with van der Waals surface area (Å²) in [6.07, 6.45) is 11.2. The molecule has 0 aliphatic heterocycles. The molecule has 145 valence electrons. The molecule has 0 N–H and O–H groups in total. The van der Waals surface area contributed by atoms with Gasteiger partial charge in [0.1, 0.15) is 7.59 Å². The van der Waals surface area contributed by atoms with Crippen molar-refractivity contribution in [1.29, 1.82) is 0 Å². The van der Waals surface area contributed by atoms with E-state index in [1.165, 1.54) is 42.5 Å². The van der Waals surface area contributed by atoms with Gasteiger partial charge in [-0.1, -0.05) is 117 Å². The smallest absolute Gasteiger partial charge is 0.236 e. The van der Waals surface area contributed by atoms with E-state index in [0.29, 0.717) is 0 Å². The minimum atomic E-state index is -1.73. The van der Waals surface area contributed by atoms with Crippen LogP contribution in [0.5, 0.6) is 0 Å². The van der Waals surface area contributed by atoms with Crippen LogP contribution in [0.3, 0.4) is 0 Å². The molecule has 2 rings (SSSR count). The third-order valence-electron chi connectivity index (χ3n) is 5.03. The first-order chi connectivity index (χ1) is 13.1. The lowest BCUT2D eigenvalue weighted by molar-refractivity contribution is 0.284. The van der Waals surface area contributed by atoms with Crippen molar-refractivity contribution < 1.29 is 4.43 Å². The lowest BCUT2D eigenvalue weighted by atomic mass is 10.1. The van der Waals surface area contributed by atoms with Gasteiger partial charge in [-0.2, -0.15) is 0 Å². The van der Waals surface area contributed by atoms with Gasteiger partial charge in [-0.15, -0.1) is 0 Å². The van der Waals surface area contributed by atoms with E-state index in [1.807, 2.05) is 0 Å². The highest BCUT2D eigenvalue weighted by molar-refractivity contribution is 7.39. The first-order valence-corrected chi connectivity index (χ1v) is 15.8. The monoisotopic (exact) mass is 395 g/mol. The van der Waals surface area contributed by atoms with Crippen molar-refractivity contribution in [1.82, 2.24) is 0 Å². The Labute approximate surface area is 169 Å². The number of rotatable bonds is 11. The van der Waals surface area contributed by atoms with Gasteiger partial charge in [0.25, 0.3) is 0 Å². The van der Waals surface area contributed by atoms with Gasteiger partial charge >= 0.3 is 0 Å². The number of hydrogen-bond acceptors (Lipinski definition) is 1. The minimum Gasteiger partial charge on any atom is -0.408 e. The van der Waals surface area contributed by atoms with E-state index in [-0.39, 0.29) is 6.10 Å². The molecule has 0 fully saturated rings. The summed E-state index contributed by atoms with van der Waals surface area (Å²) < 4.78 is 6.76. The molecule has 0 spiro atoms. The highest BCUT2D eigenvalue weighted by Crippen LogP contribution is 2.13. The van der Waals surface area contributed by atoms with E-state index < -0.39 is 16.1 Å². The Morgan fingerprint density at radius 1 is 0.926 bits per heavy atom. The summed E-state index contributed by atoms with van der Waals surface area (Å²) in [5.41, 5.74) is 0. The molecule has 0 saturated carbocycles. The van der Waals surface area contributed by atoms with Crippen LogP contribution in [0, 0.1) is 0 Å². The molecule has 1 radical (unpaired) electrons. The zero-order chi connectivity index (χ0) is 19.5. The Balaban J connectivity index is 2.11. The first kappa shape index (κ1) is 21.9. The lowest BCUT2D eigenvalue weighted by Crippen LogP contribution is -2.63. The Bertz CT molecular complexity index is 667. The maximum Gasteiger partial charge on any atom is 0.236 e. The number of allylic oxidation sites excluding steroid dienone is 1. The second-order valence-electron chi connectivity index (χ2n) is 7.79. The van der Waals surface area contributed by atoms with E-state index in [2.05, 4.69) is 99.8 Å². The number of hydrogen-bond donors (Lipinski definition) is 0. The molecular weight excluding hydrogens is 360 g/mol. The van der Waals surface area contributed by atoms with Gasteiger partial charge in [0, 0.05) is 0 Å². The average Bonchev–Trinajstić information content (AvgIpc) is 2.70. The Morgan fingerprint density at radius 2 is 1.56 bits per heavy atom. The Kier molecular flexibility index (Phi) is 9.25. The van der Waals surface area contributed by atoms with Gasteiger partial charge < -0.3 is 4.43 Å². The van der Waals surface area contributed by atoms with Gasteiger partial charge in [-0.25, -0.2) is 0 Å². The molecule has 1 unspecified atom stereocenters. The predicted molar refractivity (Wildman–Crippen MR) is 124 cm³/mol. The average molecular weight is 396 g/mol. The summed E-state index contributed by atoms with van der Waals surface area (Å²) >= 11 is 0. The van der Waals surface area contributed by atoms with E-state index in [4.69, 9.17) is 4.43 Å². The molecule has 0 saturated heterocycles. The Morgan fingerprint density at radius 3 is 2.19 bits per heavy atom. The van der Waals surface area contributed by atoms with Gasteiger partial charge in [0.2, 0.25) is 8.56 Å². The molecular formula is C24H35OSi2. The van der Waals surface area contributed by atoms with E-state index in [1.54, 1.807) is 0 Å². The van der Waals surface area contributed by atoms with Gasteiger partial charge in [0.15, 0.2) is 0 Å². The van der Waals surface area contributed by atoms with Crippen LogP contribution in [0.2, 0.25) is 13.1 Å². The van der Waals surface area contributed by atoms with Crippen molar-refractivity contribution in [3.63, 3.8) is 0 Å². The maximum atomic E-state index is 6.76. The van der Waals surface area contributed by atoms with Crippen LogP contribution in [0.4, 0.5) is 0 Å². The third-order valence-corrected chi connectivity index (χ3v) is 14.9. The summed E-state index contributed by atoms with van der Waals surface area (Å²) in [5.74, 6) is 0. The van der Waals surface area contributed by atoms with E-state index in [9.17, 15) is 0 Å². The summed E-state index contributed by atoms with van der Waals surface area (Å²) in [6.45, 7) is 9.39. The topological polar surface area (TPSA) is 9.23 Å². The normalized spacial score (nSPS) is 13.4. The quantitative estimate of drug-likeness (QED) is 0.277. The fraction of sp³-hybridized carbons (Fsp3) is 0.417. The highest BCUT2D eigenvalue weighted by atomic mass is 29.2. The molecule has 3 heteroatoms. The van der Waals surface area contributed by atoms with Crippen LogP contribution in [-0.2, 0) is 4.43 Å². The molecule has 0 bridgehead atoms. The standard InChI is InChI=1S/C24H35OSi2/c1-5-6-7-8-9-12-17-22(2)25-26(23-18-13-10-14-19-23)27(3,4)24-20-15-11-16-21-24/h10-22H,5-9H2,1-4H3/b17-12+. The molecule has 0 heterocycles. The molecule has 1 atom stereocenters. The summed E-state index contributed by atoms with van der Waals surface area (Å²) in [5, 5.41) is 2.88. The van der Waals surface area contributed by atoms with Crippen molar-refractivity contribution in [2.24, 2.45) is 0 Å². The zero-order valence-electron chi connectivity index (χ0n) is 17.4. The second kappa shape index (κ2) is 11.4. The summed E-state index contributed by atoms with van der Waals surface area (Å²) in [7, 11) is -2.84. The van der Waals surface area contributed by atoms with Gasteiger partial charge in [-0.3, -0.25) is 0 Å². The van der Waals surface area contributed by atoms with Crippen LogP contribution >= 0.6 is 0 Å². The molecule has 27 heavy (non-hydrogen) atoms. The zero-order valence-corrected chi connectivity index (χ0v) is 19.4. The van der Waals surface area contributed by atoms with Crippen LogP contribution in [0.15, 0.2) is 72.8 Å². The Hall–Kier alpha value is -1.43. The van der Waals surface area contributed by atoms with E-state index >= 15 is 0 Å². The van der Waals surface area contributed by atoms with Crippen LogP contribution in [-0.4, -0.2) is 22.3 Å². The number of unbranched alkanes of at least 4 members (excludes halogenated alkanes) is 4. The first-order valence-electron chi connectivity index (χ1n) is 10.4. The van der Waals surface area contributed by atoms with Crippen molar-refractivity contribution in [3.05, 3.63) is 72.8 Å².